The highest BCUT2D eigenvalue weighted by Gasteiger charge is 2.44. The van der Waals surface area contributed by atoms with E-state index >= 15 is 0 Å². The number of hydrogen-bond acceptors (Lipinski definition) is 2. The molecule has 1 aliphatic rings. The van der Waals surface area contributed by atoms with Gasteiger partial charge in [-0.15, -0.1) is 9.24 Å². The maximum atomic E-state index is 5.34. The Kier molecular flexibility index (Phi) is 7.91. The molecule has 0 aliphatic heterocycles. The standard InChI is InChI=1S/C39H42N2P2/c1-37(2,3)43(38(4,5)6)26-31-24-30(27-14-8-7-9-15-27)25-32(31)39(42,35-22-20-28-16-10-12-18-33(28)40-35)36-23-21-29-17-11-13-19-34(29)41-36/h7-25,31H,26,42H2,1-6H3. The molecular weight excluding hydrogens is 558 g/mol. The van der Waals surface area contributed by atoms with Crippen molar-refractivity contribution in [1.29, 1.82) is 0 Å². The third-order valence-electron chi connectivity index (χ3n) is 8.66. The Morgan fingerprint density at radius 2 is 1.12 bits per heavy atom. The van der Waals surface area contributed by atoms with Crippen LogP contribution >= 0.6 is 17.2 Å². The van der Waals surface area contributed by atoms with E-state index < -0.39 is 5.16 Å². The van der Waals surface area contributed by atoms with E-state index in [0.29, 0.717) is 0 Å². The van der Waals surface area contributed by atoms with Crippen LogP contribution in [0.2, 0.25) is 0 Å². The number of fused-ring (bicyclic) bond motifs is 2. The van der Waals surface area contributed by atoms with E-state index in [0.717, 1.165) is 39.4 Å². The van der Waals surface area contributed by atoms with Crippen LogP contribution in [0.1, 0.15) is 58.5 Å². The highest BCUT2D eigenvalue weighted by Crippen LogP contribution is 2.63. The van der Waals surface area contributed by atoms with Gasteiger partial charge in [0.15, 0.2) is 0 Å². The number of para-hydroxylation sites is 2. The molecule has 5 aromatic rings. The summed E-state index contributed by atoms with van der Waals surface area (Å²) in [5.41, 5.74) is 7.91. The lowest BCUT2D eigenvalue weighted by molar-refractivity contribution is 0.669. The van der Waals surface area contributed by atoms with Gasteiger partial charge in [0.2, 0.25) is 0 Å². The molecule has 0 saturated heterocycles. The Labute approximate surface area is 260 Å². The van der Waals surface area contributed by atoms with Crippen molar-refractivity contribution in [2.75, 3.05) is 6.16 Å². The van der Waals surface area contributed by atoms with Crippen LogP contribution in [0, 0.1) is 5.92 Å². The monoisotopic (exact) mass is 600 g/mol. The zero-order chi connectivity index (χ0) is 30.4. The predicted octanol–water partition coefficient (Wildman–Crippen LogP) is 10.6. The SMILES string of the molecule is CC(C)(C)P(CC1C=C(c2ccccc2)C=C1C(P)(c1ccc2ccccc2n1)c1ccc2ccccc2n1)C(C)(C)C. The van der Waals surface area contributed by atoms with Crippen LogP contribution in [-0.2, 0) is 5.16 Å². The van der Waals surface area contributed by atoms with E-state index in [1.807, 2.05) is 0 Å². The van der Waals surface area contributed by atoms with Crippen LogP contribution in [-0.4, -0.2) is 26.4 Å². The molecule has 0 fully saturated rings. The first-order valence-corrected chi connectivity index (χ1v) is 17.3. The van der Waals surface area contributed by atoms with Gasteiger partial charge in [0.1, 0.15) is 0 Å². The fraction of sp³-hybridized carbons (Fsp3) is 0.282. The number of benzene rings is 3. The van der Waals surface area contributed by atoms with Crippen molar-refractivity contribution in [2.45, 2.75) is 57.0 Å². The van der Waals surface area contributed by atoms with Crippen LogP contribution in [0.15, 0.2) is 121 Å². The molecule has 2 unspecified atom stereocenters. The van der Waals surface area contributed by atoms with Gasteiger partial charge in [0.05, 0.1) is 27.6 Å². The summed E-state index contributed by atoms with van der Waals surface area (Å²) >= 11 is 0. The van der Waals surface area contributed by atoms with E-state index in [9.17, 15) is 0 Å². The molecule has 2 heterocycles. The Hall–Kier alpha value is -3.18. The minimum absolute atomic E-state index is 0.216. The molecule has 0 bridgehead atoms. The zero-order valence-electron chi connectivity index (χ0n) is 26.2. The molecule has 3 aromatic carbocycles. The van der Waals surface area contributed by atoms with Gasteiger partial charge in [-0.3, -0.25) is 9.97 Å². The molecule has 43 heavy (non-hydrogen) atoms. The molecule has 0 spiro atoms. The largest absolute Gasteiger partial charge is 0.251 e. The molecule has 0 N–H and O–H groups in total. The lowest BCUT2D eigenvalue weighted by Gasteiger charge is -2.44. The van der Waals surface area contributed by atoms with E-state index in [4.69, 9.17) is 9.97 Å². The minimum atomic E-state index is -0.609. The Morgan fingerprint density at radius 1 is 0.628 bits per heavy atom. The summed E-state index contributed by atoms with van der Waals surface area (Å²) in [5, 5.41) is 2.12. The minimum Gasteiger partial charge on any atom is -0.251 e. The molecule has 2 atom stereocenters. The van der Waals surface area contributed by atoms with Gasteiger partial charge in [-0.25, -0.2) is 0 Å². The van der Waals surface area contributed by atoms with Gasteiger partial charge in [-0.05, 0) is 57.4 Å². The molecule has 2 nitrogen and oxygen atoms in total. The summed E-state index contributed by atoms with van der Waals surface area (Å²) in [7, 11) is 2.93. The van der Waals surface area contributed by atoms with Crippen LogP contribution in [0.4, 0.5) is 0 Å². The molecule has 218 valence electrons. The molecule has 0 radical (unpaired) electrons. The van der Waals surface area contributed by atoms with Crippen molar-refractivity contribution in [3.8, 4) is 0 Å². The van der Waals surface area contributed by atoms with Gasteiger partial charge in [-0.2, -0.15) is 0 Å². The summed E-state index contributed by atoms with van der Waals surface area (Å²) in [4.78, 5) is 10.7. The van der Waals surface area contributed by atoms with E-state index in [1.54, 1.807) is 0 Å². The fourth-order valence-electron chi connectivity index (χ4n) is 6.75. The molecule has 1 aliphatic carbocycles. The molecule has 0 saturated carbocycles. The van der Waals surface area contributed by atoms with Gasteiger partial charge in [0.25, 0.3) is 0 Å². The van der Waals surface area contributed by atoms with Crippen molar-refractivity contribution in [3.05, 3.63) is 138 Å². The van der Waals surface area contributed by atoms with Crippen molar-refractivity contribution in [2.24, 2.45) is 5.92 Å². The quantitative estimate of drug-likeness (QED) is 0.181. The second-order valence-corrected chi connectivity index (χ2v) is 18.5. The number of aromatic nitrogens is 2. The summed E-state index contributed by atoms with van der Waals surface area (Å²) in [5.74, 6) is 0.249. The summed E-state index contributed by atoms with van der Waals surface area (Å²) in [6.07, 6.45) is 6.08. The highest BCUT2D eigenvalue weighted by atomic mass is 31.1. The first-order chi connectivity index (χ1) is 20.4. The number of pyridine rings is 2. The third kappa shape index (κ3) is 5.85. The first-order valence-electron chi connectivity index (χ1n) is 15.2. The van der Waals surface area contributed by atoms with E-state index in [-0.39, 0.29) is 24.2 Å². The van der Waals surface area contributed by atoms with Crippen LogP contribution in [0.5, 0.6) is 0 Å². The first kappa shape index (κ1) is 29.9. The topological polar surface area (TPSA) is 25.8 Å². The number of nitrogens with zero attached hydrogens (tertiary/aromatic N) is 2. The Bertz CT molecular complexity index is 1750. The van der Waals surface area contributed by atoms with Crippen molar-refractivity contribution < 1.29 is 0 Å². The summed E-state index contributed by atoms with van der Waals surface area (Å²) in [6.45, 7) is 14.5. The third-order valence-corrected chi connectivity index (χ3v) is 13.6. The van der Waals surface area contributed by atoms with Gasteiger partial charge >= 0.3 is 0 Å². The van der Waals surface area contributed by atoms with E-state index in [2.05, 4.69) is 166 Å². The molecule has 4 heteroatoms. The zero-order valence-corrected chi connectivity index (χ0v) is 28.2. The molecule has 0 amide bonds. The van der Waals surface area contributed by atoms with Crippen LogP contribution in [0.25, 0.3) is 27.4 Å². The van der Waals surface area contributed by atoms with Crippen molar-refractivity contribution >= 4 is 44.5 Å². The smallest absolute Gasteiger partial charge is 0.0903 e. The number of rotatable bonds is 6. The normalized spacial score (nSPS) is 16.1. The lowest BCUT2D eigenvalue weighted by atomic mass is 9.84. The molecular formula is C39H42N2P2. The Balaban J connectivity index is 1.59. The molecule has 2 aromatic heterocycles. The lowest BCUT2D eigenvalue weighted by Crippen LogP contribution is -2.33. The van der Waals surface area contributed by atoms with Gasteiger partial charge in [-0.1, -0.05) is 140 Å². The number of hydrogen-bond donors (Lipinski definition) is 0. The second kappa shape index (κ2) is 11.4. The average Bonchev–Trinajstić information content (AvgIpc) is 3.43. The maximum Gasteiger partial charge on any atom is 0.0903 e. The van der Waals surface area contributed by atoms with Crippen molar-refractivity contribution in [1.82, 2.24) is 9.97 Å². The highest BCUT2D eigenvalue weighted by molar-refractivity contribution is 7.60. The molecule has 6 rings (SSSR count). The number of allylic oxidation sites excluding steroid dienone is 4. The van der Waals surface area contributed by atoms with E-state index in [1.165, 1.54) is 16.7 Å². The summed E-state index contributed by atoms with van der Waals surface area (Å²) in [6, 6.07) is 36.5. The average molecular weight is 601 g/mol. The van der Waals surface area contributed by atoms with Crippen LogP contribution in [0.3, 0.4) is 0 Å². The second-order valence-electron chi connectivity index (χ2n) is 13.7. The van der Waals surface area contributed by atoms with Gasteiger partial charge < -0.3 is 0 Å². The van der Waals surface area contributed by atoms with Crippen molar-refractivity contribution in [3.63, 3.8) is 0 Å². The van der Waals surface area contributed by atoms with Gasteiger partial charge in [0, 0.05) is 16.7 Å². The summed E-state index contributed by atoms with van der Waals surface area (Å²) < 4.78 is 0. The Morgan fingerprint density at radius 3 is 1.63 bits per heavy atom. The maximum absolute atomic E-state index is 5.34. The fourth-order valence-corrected chi connectivity index (χ4v) is 11.2. The predicted molar refractivity (Wildman–Crippen MR) is 191 cm³/mol. The van der Waals surface area contributed by atoms with Crippen LogP contribution < -0.4 is 0 Å².